The summed E-state index contributed by atoms with van der Waals surface area (Å²) in [5, 5.41) is 8.61. The third kappa shape index (κ3) is 4.17. The van der Waals surface area contributed by atoms with E-state index >= 15 is 0 Å². The van der Waals surface area contributed by atoms with Crippen molar-refractivity contribution >= 4 is 11.6 Å². The Kier molecular flexibility index (Phi) is 5.89. The van der Waals surface area contributed by atoms with Gasteiger partial charge in [0.2, 0.25) is 0 Å². The van der Waals surface area contributed by atoms with Crippen molar-refractivity contribution in [2.24, 2.45) is 0 Å². The largest absolute Gasteiger partial charge is 0.495 e. The molecule has 2 atom stereocenters. The zero-order valence-electron chi connectivity index (χ0n) is 15.9. The van der Waals surface area contributed by atoms with Gasteiger partial charge in [-0.1, -0.05) is 23.7 Å². The molecule has 1 N–H and O–H groups in total. The van der Waals surface area contributed by atoms with Crippen molar-refractivity contribution in [3.8, 4) is 17.0 Å². The van der Waals surface area contributed by atoms with Crippen LogP contribution in [0.4, 0.5) is 0 Å². The minimum Gasteiger partial charge on any atom is -0.495 e. The summed E-state index contributed by atoms with van der Waals surface area (Å²) in [7, 11) is 1.59. The van der Waals surface area contributed by atoms with Crippen molar-refractivity contribution in [1.82, 2.24) is 20.1 Å². The molecule has 1 aromatic carbocycles. The summed E-state index contributed by atoms with van der Waals surface area (Å²) < 4.78 is 12.4. The van der Waals surface area contributed by atoms with E-state index in [-0.39, 0.29) is 17.6 Å². The topological polar surface area (TPSA) is 78.3 Å². The van der Waals surface area contributed by atoms with Crippen LogP contribution in [0.3, 0.4) is 0 Å². The summed E-state index contributed by atoms with van der Waals surface area (Å²) in [6.45, 7) is 1.43. The molecule has 29 heavy (non-hydrogen) atoms. The molecule has 1 aliphatic heterocycles. The Hall–Kier alpha value is -2.74. The minimum absolute atomic E-state index is 0.0739. The van der Waals surface area contributed by atoms with E-state index in [9.17, 15) is 4.79 Å². The molecule has 0 saturated carbocycles. The summed E-state index contributed by atoms with van der Waals surface area (Å²) in [5.41, 5.74) is 2.38. The lowest BCUT2D eigenvalue weighted by atomic mass is 10.1. The molecular formula is C21H21ClN4O3. The zero-order valence-corrected chi connectivity index (χ0v) is 16.7. The molecule has 0 bridgehead atoms. The van der Waals surface area contributed by atoms with Crippen molar-refractivity contribution < 1.29 is 9.47 Å². The third-order valence-corrected chi connectivity index (χ3v) is 5.41. The van der Waals surface area contributed by atoms with Crippen molar-refractivity contribution in [2.45, 2.75) is 18.6 Å². The van der Waals surface area contributed by atoms with E-state index in [2.05, 4.69) is 15.4 Å². The van der Waals surface area contributed by atoms with Gasteiger partial charge in [0.1, 0.15) is 5.75 Å². The third-order valence-electron chi connectivity index (χ3n) is 4.98. The highest BCUT2D eigenvalue weighted by molar-refractivity contribution is 6.32. The Labute approximate surface area is 173 Å². The first-order valence-electron chi connectivity index (χ1n) is 9.30. The van der Waals surface area contributed by atoms with Gasteiger partial charge in [0.25, 0.3) is 5.56 Å². The zero-order chi connectivity index (χ0) is 20.2. The Balaban J connectivity index is 1.55. The summed E-state index contributed by atoms with van der Waals surface area (Å²) in [6, 6.07) is 12.4. The van der Waals surface area contributed by atoms with Crippen LogP contribution in [-0.4, -0.2) is 41.1 Å². The van der Waals surface area contributed by atoms with Gasteiger partial charge in [-0.05, 0) is 29.8 Å². The number of methoxy groups -OCH3 is 1. The normalized spacial score (nSPS) is 18.7. The van der Waals surface area contributed by atoms with E-state index in [4.69, 9.17) is 21.1 Å². The standard InChI is InChI=1S/C21H21ClN4O3/c1-28-19-4-2-3-15(21(19)22)11-24-17-12-29-13-18(17)26-20(27)6-5-16(25-26)14-7-9-23-10-8-14/h2-10,17-18,24H,11-13H2,1H3. The second-order valence-corrected chi connectivity index (χ2v) is 7.14. The van der Waals surface area contributed by atoms with Crippen LogP contribution < -0.4 is 15.6 Å². The fraction of sp³-hybridized carbons (Fsp3) is 0.286. The fourth-order valence-corrected chi connectivity index (χ4v) is 3.68. The molecule has 8 heteroatoms. The smallest absolute Gasteiger partial charge is 0.267 e. The summed E-state index contributed by atoms with van der Waals surface area (Å²) in [5.74, 6) is 0.633. The fourth-order valence-electron chi connectivity index (χ4n) is 3.41. The maximum Gasteiger partial charge on any atom is 0.267 e. The lowest BCUT2D eigenvalue weighted by molar-refractivity contribution is 0.181. The van der Waals surface area contributed by atoms with Crippen molar-refractivity contribution in [3.05, 3.63) is 75.8 Å². The van der Waals surface area contributed by atoms with Gasteiger partial charge >= 0.3 is 0 Å². The molecule has 3 heterocycles. The Bertz CT molecular complexity index is 1040. The SMILES string of the molecule is COc1cccc(CNC2COCC2n2nc(-c3ccncc3)ccc2=O)c1Cl. The number of nitrogens with one attached hydrogen (secondary N) is 1. The van der Waals surface area contributed by atoms with Gasteiger partial charge in [-0.25, -0.2) is 4.68 Å². The maximum absolute atomic E-state index is 12.5. The summed E-state index contributed by atoms with van der Waals surface area (Å²) >= 11 is 6.39. The molecule has 0 spiro atoms. The lowest BCUT2D eigenvalue weighted by Gasteiger charge is -2.21. The van der Waals surface area contributed by atoms with E-state index in [0.29, 0.717) is 36.2 Å². The molecule has 3 aromatic rings. The van der Waals surface area contributed by atoms with Crippen LogP contribution in [0.5, 0.6) is 5.75 Å². The van der Waals surface area contributed by atoms with Crippen LogP contribution in [-0.2, 0) is 11.3 Å². The first kappa shape index (κ1) is 19.6. The molecule has 1 aliphatic rings. The predicted octanol–water partition coefficient (Wildman–Crippen LogP) is 2.70. The number of aromatic nitrogens is 3. The number of nitrogens with zero attached hydrogens (tertiary/aromatic N) is 3. The van der Waals surface area contributed by atoms with Gasteiger partial charge in [-0.2, -0.15) is 5.10 Å². The Morgan fingerprint density at radius 2 is 2.03 bits per heavy atom. The average molecular weight is 413 g/mol. The van der Waals surface area contributed by atoms with Crippen molar-refractivity contribution in [1.29, 1.82) is 0 Å². The quantitative estimate of drug-likeness (QED) is 0.670. The summed E-state index contributed by atoms with van der Waals surface area (Å²) in [6.07, 6.45) is 3.40. The minimum atomic E-state index is -0.214. The van der Waals surface area contributed by atoms with Gasteiger partial charge in [0.05, 0.1) is 43.1 Å². The van der Waals surface area contributed by atoms with Gasteiger partial charge < -0.3 is 14.8 Å². The number of hydrogen-bond donors (Lipinski definition) is 1. The van der Waals surface area contributed by atoms with Crippen molar-refractivity contribution in [2.75, 3.05) is 20.3 Å². The van der Waals surface area contributed by atoms with E-state index < -0.39 is 0 Å². The number of hydrogen-bond acceptors (Lipinski definition) is 6. The van der Waals surface area contributed by atoms with Gasteiger partial charge in [-0.15, -0.1) is 0 Å². The van der Waals surface area contributed by atoms with Gasteiger partial charge in [-0.3, -0.25) is 9.78 Å². The molecule has 150 valence electrons. The number of ether oxygens (including phenoxy) is 2. The molecule has 2 aromatic heterocycles. The molecule has 4 rings (SSSR count). The van der Waals surface area contributed by atoms with Crippen LogP contribution in [0.2, 0.25) is 5.02 Å². The molecule has 0 aliphatic carbocycles. The number of rotatable bonds is 6. The lowest BCUT2D eigenvalue weighted by Crippen LogP contribution is -2.41. The Morgan fingerprint density at radius 3 is 2.83 bits per heavy atom. The molecule has 0 radical (unpaired) electrons. The highest BCUT2D eigenvalue weighted by atomic mass is 35.5. The van der Waals surface area contributed by atoms with Crippen molar-refractivity contribution in [3.63, 3.8) is 0 Å². The van der Waals surface area contributed by atoms with Crippen LogP contribution in [0.25, 0.3) is 11.3 Å². The highest BCUT2D eigenvalue weighted by Crippen LogP contribution is 2.28. The van der Waals surface area contributed by atoms with E-state index in [1.54, 1.807) is 25.6 Å². The Morgan fingerprint density at radius 1 is 1.21 bits per heavy atom. The molecule has 1 fully saturated rings. The molecule has 1 saturated heterocycles. The number of pyridine rings is 1. The molecule has 0 amide bonds. The highest BCUT2D eigenvalue weighted by Gasteiger charge is 2.31. The van der Waals surface area contributed by atoms with Crippen LogP contribution in [0, 0.1) is 0 Å². The predicted molar refractivity (Wildman–Crippen MR) is 110 cm³/mol. The molecule has 7 nitrogen and oxygen atoms in total. The van der Waals surface area contributed by atoms with E-state index in [1.165, 1.54) is 10.7 Å². The van der Waals surface area contributed by atoms with E-state index in [1.807, 2.05) is 30.3 Å². The monoisotopic (exact) mass is 412 g/mol. The second kappa shape index (κ2) is 8.73. The van der Waals surface area contributed by atoms with Crippen LogP contribution in [0.15, 0.2) is 59.7 Å². The first-order chi connectivity index (χ1) is 14.2. The van der Waals surface area contributed by atoms with Crippen LogP contribution in [0.1, 0.15) is 11.6 Å². The van der Waals surface area contributed by atoms with Crippen LogP contribution >= 0.6 is 11.6 Å². The first-order valence-corrected chi connectivity index (χ1v) is 9.68. The van der Waals surface area contributed by atoms with Gasteiger partial charge in [0.15, 0.2) is 0 Å². The summed E-state index contributed by atoms with van der Waals surface area (Å²) in [4.78, 5) is 16.5. The van der Waals surface area contributed by atoms with E-state index in [0.717, 1.165) is 11.1 Å². The molecular weight excluding hydrogens is 392 g/mol. The average Bonchev–Trinajstić information content (AvgIpc) is 3.22. The second-order valence-electron chi connectivity index (χ2n) is 6.76. The van der Waals surface area contributed by atoms with Gasteiger partial charge in [0, 0.05) is 30.6 Å². The number of benzene rings is 1. The maximum atomic E-state index is 12.5. The molecule has 2 unspecified atom stereocenters. The number of halogens is 1.